The topological polar surface area (TPSA) is 50.4 Å². The molecule has 1 N–H and O–H groups in total. The highest BCUT2D eigenvalue weighted by atomic mass is 16.5. The van der Waals surface area contributed by atoms with Gasteiger partial charge >= 0.3 is 0 Å². The maximum Gasteiger partial charge on any atom is 0.233 e. The van der Waals surface area contributed by atoms with Gasteiger partial charge in [-0.05, 0) is 29.8 Å². The van der Waals surface area contributed by atoms with E-state index in [1.807, 2.05) is 24.3 Å². The molecule has 0 saturated heterocycles. The number of pyridine rings is 1. The Morgan fingerprint density at radius 1 is 1.26 bits per heavy atom. The monoisotopic (exact) mass is 256 g/mol. The molecule has 0 saturated carbocycles. The molecule has 0 aliphatic carbocycles. The first kappa shape index (κ1) is 12.8. The summed E-state index contributed by atoms with van der Waals surface area (Å²) in [5, 5.41) is 9.23. The standard InChI is InChI=1S/C15H14NO3/c1-19-14-7-4-12(5-8-14)6-9-15(17)13-3-2-10-16(18)11-13/h2-11,18H,1H3/q+1. The smallest absolute Gasteiger partial charge is 0.233 e. The number of allylic oxidation sites excluding steroid dienone is 1. The number of methoxy groups -OCH3 is 1. The van der Waals surface area contributed by atoms with Crippen LogP contribution in [-0.2, 0) is 0 Å². The van der Waals surface area contributed by atoms with Gasteiger partial charge in [0.1, 0.15) is 5.75 Å². The van der Waals surface area contributed by atoms with Crippen molar-refractivity contribution in [1.82, 2.24) is 0 Å². The third-order valence-electron chi connectivity index (χ3n) is 2.61. The van der Waals surface area contributed by atoms with E-state index in [0.717, 1.165) is 16.0 Å². The number of nitrogens with zero attached hydrogens (tertiary/aromatic N) is 1. The van der Waals surface area contributed by atoms with Crippen LogP contribution in [0.2, 0.25) is 0 Å². The van der Waals surface area contributed by atoms with E-state index in [4.69, 9.17) is 4.74 Å². The first-order chi connectivity index (χ1) is 9.19. The number of ether oxygens (including phenoxy) is 1. The lowest BCUT2D eigenvalue weighted by atomic mass is 10.1. The number of hydrogen-bond acceptors (Lipinski definition) is 3. The molecular weight excluding hydrogens is 242 g/mol. The van der Waals surface area contributed by atoms with Crippen LogP contribution in [0.25, 0.3) is 6.08 Å². The van der Waals surface area contributed by atoms with Gasteiger partial charge in [0.25, 0.3) is 0 Å². The van der Waals surface area contributed by atoms with E-state index in [-0.39, 0.29) is 5.78 Å². The zero-order chi connectivity index (χ0) is 13.7. The molecule has 0 unspecified atom stereocenters. The van der Waals surface area contributed by atoms with Gasteiger partial charge in [-0.15, -0.1) is 0 Å². The lowest BCUT2D eigenvalue weighted by molar-refractivity contribution is -0.904. The second kappa shape index (κ2) is 5.82. The van der Waals surface area contributed by atoms with Crippen molar-refractivity contribution >= 4 is 11.9 Å². The first-order valence-corrected chi connectivity index (χ1v) is 5.76. The van der Waals surface area contributed by atoms with E-state index in [1.165, 1.54) is 18.5 Å². The van der Waals surface area contributed by atoms with Gasteiger partial charge in [-0.3, -0.25) is 10.0 Å². The van der Waals surface area contributed by atoms with Gasteiger partial charge in [-0.1, -0.05) is 18.2 Å². The van der Waals surface area contributed by atoms with Crippen LogP contribution in [0, 0.1) is 0 Å². The second-order valence-corrected chi connectivity index (χ2v) is 3.94. The number of hydrogen-bond donors (Lipinski definition) is 1. The SMILES string of the molecule is COc1ccc(C=CC(=O)c2ccc[n+](O)c2)cc1. The average Bonchev–Trinajstić information content (AvgIpc) is 2.45. The molecule has 1 aromatic heterocycles. The Morgan fingerprint density at radius 2 is 2.00 bits per heavy atom. The van der Waals surface area contributed by atoms with Crippen molar-refractivity contribution in [2.75, 3.05) is 7.11 Å². The lowest BCUT2D eigenvalue weighted by Gasteiger charge is -1.98. The van der Waals surface area contributed by atoms with Crippen LogP contribution >= 0.6 is 0 Å². The summed E-state index contributed by atoms with van der Waals surface area (Å²) in [6, 6.07) is 10.6. The van der Waals surface area contributed by atoms with Gasteiger partial charge in [-0.25, -0.2) is 0 Å². The largest absolute Gasteiger partial charge is 0.497 e. The van der Waals surface area contributed by atoms with Gasteiger partial charge in [0, 0.05) is 10.8 Å². The summed E-state index contributed by atoms with van der Waals surface area (Å²) in [5.74, 6) is 0.604. The van der Waals surface area contributed by atoms with Crippen molar-refractivity contribution in [3.8, 4) is 5.75 Å². The van der Waals surface area contributed by atoms with Gasteiger partial charge in [-0.2, -0.15) is 0 Å². The van der Waals surface area contributed by atoms with E-state index in [1.54, 1.807) is 25.3 Å². The lowest BCUT2D eigenvalue weighted by Crippen LogP contribution is -2.29. The molecule has 0 aliphatic heterocycles. The Balaban J connectivity index is 2.11. The Bertz CT molecular complexity index is 603. The fourth-order valence-corrected chi connectivity index (χ4v) is 1.59. The number of rotatable bonds is 4. The summed E-state index contributed by atoms with van der Waals surface area (Å²) in [4.78, 5) is 11.9. The van der Waals surface area contributed by atoms with Crippen molar-refractivity contribution in [2.24, 2.45) is 0 Å². The molecule has 4 heteroatoms. The minimum atomic E-state index is -0.167. The molecule has 0 bridgehead atoms. The molecule has 0 amide bonds. The molecule has 0 spiro atoms. The predicted octanol–water partition coefficient (Wildman–Crippen LogP) is 2.12. The van der Waals surface area contributed by atoms with Crippen LogP contribution in [0.1, 0.15) is 15.9 Å². The number of carbonyl (C=O) groups is 1. The molecule has 2 rings (SSSR count). The summed E-state index contributed by atoms with van der Waals surface area (Å²) < 4.78 is 5.91. The van der Waals surface area contributed by atoms with Crippen LogP contribution in [0.3, 0.4) is 0 Å². The van der Waals surface area contributed by atoms with Crippen LogP contribution in [0.15, 0.2) is 54.9 Å². The van der Waals surface area contributed by atoms with Gasteiger partial charge in [0.15, 0.2) is 5.78 Å². The second-order valence-electron chi connectivity index (χ2n) is 3.94. The van der Waals surface area contributed by atoms with Gasteiger partial charge < -0.3 is 4.74 Å². The Labute approximate surface area is 111 Å². The molecule has 4 nitrogen and oxygen atoms in total. The maximum absolute atomic E-state index is 11.9. The van der Waals surface area contributed by atoms with Crippen molar-refractivity contribution in [3.63, 3.8) is 0 Å². The molecule has 0 fully saturated rings. The van der Waals surface area contributed by atoms with E-state index in [0.29, 0.717) is 5.56 Å². The number of benzene rings is 1. The normalized spacial score (nSPS) is 10.6. The summed E-state index contributed by atoms with van der Waals surface area (Å²) in [6.45, 7) is 0. The molecule has 1 heterocycles. The quantitative estimate of drug-likeness (QED) is 0.394. The van der Waals surface area contributed by atoms with Crippen LogP contribution in [0.5, 0.6) is 5.75 Å². The van der Waals surface area contributed by atoms with Crippen molar-refractivity contribution in [3.05, 3.63) is 66.0 Å². The zero-order valence-corrected chi connectivity index (χ0v) is 10.5. The molecule has 0 radical (unpaired) electrons. The minimum absolute atomic E-state index is 0.167. The Morgan fingerprint density at radius 3 is 2.63 bits per heavy atom. The number of carbonyl (C=O) groups excluding carboxylic acids is 1. The third-order valence-corrected chi connectivity index (χ3v) is 2.61. The third kappa shape index (κ3) is 3.42. The average molecular weight is 256 g/mol. The molecule has 96 valence electrons. The van der Waals surface area contributed by atoms with E-state index < -0.39 is 0 Å². The Hall–Kier alpha value is -2.62. The summed E-state index contributed by atoms with van der Waals surface area (Å²) in [6.07, 6.45) is 6.00. The van der Waals surface area contributed by atoms with Crippen LogP contribution in [-0.4, -0.2) is 18.1 Å². The number of aromatic nitrogens is 1. The molecule has 1 aromatic carbocycles. The van der Waals surface area contributed by atoms with Crippen LogP contribution < -0.4 is 9.47 Å². The van der Waals surface area contributed by atoms with E-state index in [2.05, 4.69) is 0 Å². The first-order valence-electron chi connectivity index (χ1n) is 5.76. The highest BCUT2D eigenvalue weighted by Gasteiger charge is 2.06. The molecule has 19 heavy (non-hydrogen) atoms. The zero-order valence-electron chi connectivity index (χ0n) is 10.5. The fourth-order valence-electron chi connectivity index (χ4n) is 1.59. The van der Waals surface area contributed by atoms with Crippen LogP contribution in [0.4, 0.5) is 0 Å². The van der Waals surface area contributed by atoms with Crippen molar-refractivity contribution < 1.29 is 19.5 Å². The fraction of sp³-hybridized carbons (Fsp3) is 0.0667. The summed E-state index contributed by atoms with van der Waals surface area (Å²) in [7, 11) is 1.61. The molecule has 2 aromatic rings. The minimum Gasteiger partial charge on any atom is -0.497 e. The van der Waals surface area contributed by atoms with Crippen molar-refractivity contribution in [1.29, 1.82) is 0 Å². The van der Waals surface area contributed by atoms with E-state index >= 15 is 0 Å². The Kier molecular flexibility index (Phi) is 3.93. The highest BCUT2D eigenvalue weighted by molar-refractivity contribution is 6.06. The summed E-state index contributed by atoms with van der Waals surface area (Å²) in [5.41, 5.74) is 1.33. The summed E-state index contributed by atoms with van der Waals surface area (Å²) >= 11 is 0. The molecular formula is C15H14NO3+. The molecule has 0 atom stereocenters. The maximum atomic E-state index is 11.9. The van der Waals surface area contributed by atoms with E-state index in [9.17, 15) is 10.0 Å². The number of ketones is 1. The highest BCUT2D eigenvalue weighted by Crippen LogP contribution is 2.12. The van der Waals surface area contributed by atoms with Crippen molar-refractivity contribution in [2.45, 2.75) is 0 Å². The van der Waals surface area contributed by atoms with Gasteiger partial charge in [0.2, 0.25) is 12.4 Å². The van der Waals surface area contributed by atoms with Gasteiger partial charge in [0.05, 0.1) is 12.7 Å². The molecule has 0 aliphatic rings. The predicted molar refractivity (Wildman–Crippen MR) is 70.2 cm³/mol.